The van der Waals surface area contributed by atoms with Crippen LogP contribution >= 0.6 is 23.6 Å². The molecule has 0 saturated carbocycles. The molecule has 28 heavy (non-hydrogen) atoms. The Morgan fingerprint density at radius 3 is 2.75 bits per heavy atom. The number of fused-ring (bicyclic) bond motifs is 1. The SMILES string of the molecule is Fc1cccc(N2C3=C(Cc4cc(F)ccc4O3)C(=S)N[C@@H]2c2ccsc2)c1. The lowest BCUT2D eigenvalue weighted by Crippen LogP contribution is -2.49. The van der Waals surface area contributed by atoms with Gasteiger partial charge in [0.2, 0.25) is 5.88 Å². The molecule has 1 aromatic heterocycles. The van der Waals surface area contributed by atoms with Crippen LogP contribution in [0.3, 0.4) is 0 Å². The molecule has 0 aliphatic carbocycles. The van der Waals surface area contributed by atoms with Crippen molar-refractivity contribution < 1.29 is 13.5 Å². The van der Waals surface area contributed by atoms with E-state index in [0.717, 1.165) is 16.7 Å². The quantitative estimate of drug-likeness (QED) is 0.577. The topological polar surface area (TPSA) is 24.5 Å². The number of benzene rings is 2. The minimum Gasteiger partial charge on any atom is -0.440 e. The second kappa shape index (κ2) is 6.68. The fourth-order valence-corrected chi connectivity index (χ4v) is 4.49. The molecule has 140 valence electrons. The van der Waals surface area contributed by atoms with Crippen molar-refractivity contribution >= 4 is 34.2 Å². The average Bonchev–Trinajstić information content (AvgIpc) is 3.21. The standard InChI is InChI=1S/C21H14F2N2OS2/c22-14-2-1-3-16(10-14)25-19(12-6-7-28-11-12)24-20(27)17-9-13-8-15(23)4-5-18(13)26-21(17)25/h1-8,10-11,19H,9H2,(H,24,27)/t19-/m0/s1. The Labute approximate surface area is 169 Å². The summed E-state index contributed by atoms with van der Waals surface area (Å²) < 4.78 is 33.9. The van der Waals surface area contributed by atoms with Gasteiger partial charge in [-0.25, -0.2) is 8.78 Å². The van der Waals surface area contributed by atoms with Crippen molar-refractivity contribution in [2.75, 3.05) is 4.90 Å². The van der Waals surface area contributed by atoms with E-state index in [9.17, 15) is 8.78 Å². The van der Waals surface area contributed by atoms with Gasteiger partial charge >= 0.3 is 0 Å². The van der Waals surface area contributed by atoms with Crippen LogP contribution in [-0.2, 0) is 6.42 Å². The smallest absolute Gasteiger partial charge is 0.208 e. The number of nitrogens with zero attached hydrogens (tertiary/aromatic N) is 1. The maximum Gasteiger partial charge on any atom is 0.208 e. The van der Waals surface area contributed by atoms with E-state index in [0.29, 0.717) is 28.7 Å². The molecular weight excluding hydrogens is 398 g/mol. The monoisotopic (exact) mass is 412 g/mol. The molecule has 1 N–H and O–H groups in total. The Morgan fingerprint density at radius 2 is 1.96 bits per heavy atom. The predicted octanol–water partition coefficient (Wildman–Crippen LogP) is 5.31. The lowest BCUT2D eigenvalue weighted by atomic mass is 9.98. The lowest BCUT2D eigenvalue weighted by molar-refractivity contribution is 0.358. The Bertz CT molecular complexity index is 1110. The van der Waals surface area contributed by atoms with E-state index in [-0.39, 0.29) is 17.8 Å². The molecule has 0 amide bonds. The summed E-state index contributed by atoms with van der Waals surface area (Å²) in [4.78, 5) is 2.46. The number of anilines is 1. The Kier molecular flexibility index (Phi) is 4.14. The van der Waals surface area contributed by atoms with Gasteiger partial charge in [0.05, 0.1) is 5.57 Å². The summed E-state index contributed by atoms with van der Waals surface area (Å²) in [5.74, 6) is 0.467. The molecule has 3 nitrogen and oxygen atoms in total. The maximum atomic E-state index is 14.0. The van der Waals surface area contributed by atoms with Gasteiger partial charge in [-0.2, -0.15) is 11.3 Å². The van der Waals surface area contributed by atoms with E-state index in [1.165, 1.54) is 24.3 Å². The van der Waals surface area contributed by atoms with E-state index < -0.39 is 0 Å². The normalized spacial score (nSPS) is 18.3. The molecule has 2 aromatic carbocycles. The predicted molar refractivity (Wildman–Crippen MR) is 109 cm³/mol. The van der Waals surface area contributed by atoms with Crippen molar-refractivity contribution in [2.24, 2.45) is 0 Å². The molecule has 0 spiro atoms. The molecule has 3 heterocycles. The summed E-state index contributed by atoms with van der Waals surface area (Å²) in [6.45, 7) is 0. The van der Waals surface area contributed by atoms with Crippen molar-refractivity contribution in [1.29, 1.82) is 0 Å². The molecular formula is C21H14F2N2OS2. The van der Waals surface area contributed by atoms with Crippen LogP contribution in [0, 0.1) is 11.6 Å². The zero-order valence-corrected chi connectivity index (χ0v) is 16.1. The molecule has 3 aromatic rings. The number of halogens is 2. The third-order valence-corrected chi connectivity index (χ3v) is 5.88. The minimum atomic E-state index is -0.338. The van der Waals surface area contributed by atoms with E-state index >= 15 is 0 Å². The zero-order valence-electron chi connectivity index (χ0n) is 14.5. The number of hydrogen-bond donors (Lipinski definition) is 1. The third-order valence-electron chi connectivity index (χ3n) is 4.82. The van der Waals surface area contributed by atoms with Gasteiger partial charge in [-0.05, 0) is 53.2 Å². The van der Waals surface area contributed by atoms with Crippen LogP contribution < -0.4 is 15.0 Å². The summed E-state index contributed by atoms with van der Waals surface area (Å²) in [5.41, 5.74) is 3.13. The molecule has 0 saturated heterocycles. The Balaban J connectivity index is 1.67. The van der Waals surface area contributed by atoms with Gasteiger partial charge in [0.15, 0.2) is 0 Å². The van der Waals surface area contributed by atoms with Crippen LogP contribution in [-0.4, -0.2) is 4.99 Å². The van der Waals surface area contributed by atoms with Crippen LogP contribution in [0.2, 0.25) is 0 Å². The highest BCUT2D eigenvalue weighted by Gasteiger charge is 2.37. The zero-order chi connectivity index (χ0) is 19.3. The third kappa shape index (κ3) is 2.87. The van der Waals surface area contributed by atoms with Gasteiger partial charge < -0.3 is 10.1 Å². The fourth-order valence-electron chi connectivity index (χ4n) is 3.54. The molecule has 0 fully saturated rings. The summed E-state index contributed by atoms with van der Waals surface area (Å²) in [6, 6.07) is 12.8. The molecule has 0 unspecified atom stereocenters. The lowest BCUT2D eigenvalue weighted by Gasteiger charge is -2.42. The van der Waals surface area contributed by atoms with Crippen molar-refractivity contribution in [2.45, 2.75) is 12.6 Å². The molecule has 0 bridgehead atoms. The number of thiophene rings is 1. The molecule has 7 heteroatoms. The molecule has 1 atom stereocenters. The first-order valence-corrected chi connectivity index (χ1v) is 10.0. The highest BCUT2D eigenvalue weighted by Crippen LogP contribution is 2.41. The second-order valence-corrected chi connectivity index (χ2v) is 7.79. The number of thiocarbonyl (C=S) groups is 1. The van der Waals surface area contributed by atoms with Gasteiger partial charge in [0.1, 0.15) is 28.5 Å². The summed E-state index contributed by atoms with van der Waals surface area (Å²) in [7, 11) is 0. The van der Waals surface area contributed by atoms with Crippen molar-refractivity contribution in [1.82, 2.24) is 5.32 Å². The highest BCUT2D eigenvalue weighted by atomic mass is 32.1. The number of ether oxygens (including phenoxy) is 1. The van der Waals surface area contributed by atoms with Gasteiger partial charge in [-0.1, -0.05) is 18.3 Å². The van der Waals surface area contributed by atoms with E-state index in [4.69, 9.17) is 17.0 Å². The highest BCUT2D eigenvalue weighted by molar-refractivity contribution is 7.80. The fraction of sp³-hybridized carbons (Fsp3) is 0.0952. The largest absolute Gasteiger partial charge is 0.440 e. The van der Waals surface area contributed by atoms with E-state index in [1.807, 2.05) is 27.8 Å². The van der Waals surface area contributed by atoms with Crippen LogP contribution in [0.25, 0.3) is 0 Å². The maximum absolute atomic E-state index is 14.0. The van der Waals surface area contributed by atoms with Crippen LogP contribution in [0.15, 0.2) is 70.7 Å². The van der Waals surface area contributed by atoms with E-state index in [1.54, 1.807) is 23.5 Å². The van der Waals surface area contributed by atoms with Crippen LogP contribution in [0.4, 0.5) is 14.5 Å². The minimum absolute atomic E-state index is 0.320. The Hall–Kier alpha value is -2.77. The van der Waals surface area contributed by atoms with Crippen molar-refractivity contribution in [3.63, 3.8) is 0 Å². The van der Waals surface area contributed by atoms with Crippen molar-refractivity contribution in [3.05, 3.63) is 93.5 Å². The molecule has 2 aliphatic rings. The molecule has 5 rings (SSSR count). The summed E-state index contributed by atoms with van der Waals surface area (Å²) >= 11 is 7.18. The van der Waals surface area contributed by atoms with Gasteiger partial charge in [-0.3, -0.25) is 4.90 Å². The molecule has 2 aliphatic heterocycles. The van der Waals surface area contributed by atoms with Crippen molar-refractivity contribution in [3.8, 4) is 5.75 Å². The first kappa shape index (κ1) is 17.3. The average molecular weight is 412 g/mol. The van der Waals surface area contributed by atoms with E-state index in [2.05, 4.69) is 5.32 Å². The second-order valence-electron chi connectivity index (χ2n) is 6.60. The molecule has 0 radical (unpaired) electrons. The van der Waals surface area contributed by atoms with Crippen LogP contribution in [0.5, 0.6) is 5.75 Å². The first-order valence-electron chi connectivity index (χ1n) is 8.67. The summed E-state index contributed by atoms with van der Waals surface area (Å²) in [5, 5.41) is 7.34. The van der Waals surface area contributed by atoms with Crippen LogP contribution in [0.1, 0.15) is 17.3 Å². The van der Waals surface area contributed by atoms with Gasteiger partial charge in [0, 0.05) is 23.2 Å². The Morgan fingerprint density at radius 1 is 1.11 bits per heavy atom. The first-order chi connectivity index (χ1) is 13.6. The number of rotatable bonds is 2. The summed E-state index contributed by atoms with van der Waals surface area (Å²) in [6.07, 6.45) is 0.109. The number of nitrogens with one attached hydrogen (secondary N) is 1. The van der Waals surface area contributed by atoms with Gasteiger partial charge in [-0.15, -0.1) is 0 Å². The number of hydrogen-bond acceptors (Lipinski definition) is 4. The van der Waals surface area contributed by atoms with Gasteiger partial charge in [0.25, 0.3) is 0 Å².